The Labute approximate surface area is 118 Å². The summed E-state index contributed by atoms with van der Waals surface area (Å²) in [6.45, 7) is -0.611. The summed E-state index contributed by atoms with van der Waals surface area (Å²) in [5, 5.41) is 11.5. The van der Waals surface area contributed by atoms with Crippen LogP contribution in [0, 0.1) is 0 Å². The van der Waals surface area contributed by atoms with Crippen molar-refractivity contribution in [3.63, 3.8) is 0 Å². The van der Waals surface area contributed by atoms with E-state index < -0.39 is 12.6 Å². The molecule has 0 radical (unpaired) electrons. The molecule has 1 aliphatic carbocycles. The van der Waals surface area contributed by atoms with E-state index in [9.17, 15) is 14.7 Å². The number of aliphatic carboxylic acids is 1. The van der Waals surface area contributed by atoms with E-state index in [0.29, 0.717) is 17.6 Å². The molecule has 1 aliphatic rings. The third kappa shape index (κ3) is 2.14. The molecule has 0 saturated heterocycles. The van der Waals surface area contributed by atoms with E-state index in [1.165, 1.54) is 6.07 Å². The molecule has 0 spiro atoms. The van der Waals surface area contributed by atoms with E-state index in [0.717, 1.165) is 23.8 Å². The molecular weight excluding hydrogens is 284 g/mol. The van der Waals surface area contributed by atoms with Crippen LogP contribution in [-0.4, -0.2) is 12.6 Å². The Kier molecular flexibility index (Phi) is 3.14. The molecule has 0 bridgehead atoms. The Balaban J connectivity index is 2.14. The predicted octanol–water partition coefficient (Wildman–Crippen LogP) is 1.06. The van der Waals surface area contributed by atoms with E-state index in [1.807, 2.05) is 0 Å². The largest absolute Gasteiger partial charge is 0.546 e. The maximum absolute atomic E-state index is 11.8. The van der Waals surface area contributed by atoms with Crippen molar-refractivity contribution in [2.75, 3.05) is 6.61 Å². The molecule has 0 atom stereocenters. The van der Waals surface area contributed by atoms with Gasteiger partial charge >= 0.3 is 5.63 Å². The molecular formula is C14H10ClO5-. The summed E-state index contributed by atoms with van der Waals surface area (Å²) in [4.78, 5) is 22.2. The maximum atomic E-state index is 11.8. The number of aryl methyl sites for hydroxylation is 1. The number of carboxylic acid groups (broad SMARTS) is 1. The fourth-order valence-electron chi connectivity index (χ4n) is 2.53. The first kappa shape index (κ1) is 13.0. The van der Waals surface area contributed by atoms with Crippen molar-refractivity contribution in [2.24, 2.45) is 0 Å². The third-order valence-electron chi connectivity index (χ3n) is 3.37. The number of carbonyl (C=O) groups excluding carboxylic acids is 1. The summed E-state index contributed by atoms with van der Waals surface area (Å²) in [5.74, 6) is -1.19. The van der Waals surface area contributed by atoms with Gasteiger partial charge in [-0.25, -0.2) is 4.79 Å². The fourth-order valence-corrected chi connectivity index (χ4v) is 2.75. The highest BCUT2D eigenvalue weighted by atomic mass is 35.5. The topological polar surface area (TPSA) is 79.6 Å². The van der Waals surface area contributed by atoms with Crippen LogP contribution in [0.15, 0.2) is 21.3 Å². The molecule has 104 valence electrons. The molecule has 20 heavy (non-hydrogen) atoms. The van der Waals surface area contributed by atoms with Gasteiger partial charge in [-0.05, 0) is 30.9 Å². The van der Waals surface area contributed by atoms with Crippen molar-refractivity contribution in [1.82, 2.24) is 0 Å². The number of carbonyl (C=O) groups is 1. The maximum Gasteiger partial charge on any atom is 0.339 e. The normalized spacial score (nSPS) is 13.4. The highest BCUT2D eigenvalue weighted by molar-refractivity contribution is 6.32. The smallest absolute Gasteiger partial charge is 0.339 e. The second kappa shape index (κ2) is 4.83. The molecule has 5 nitrogen and oxygen atoms in total. The molecule has 1 aromatic heterocycles. The van der Waals surface area contributed by atoms with E-state index in [1.54, 1.807) is 6.07 Å². The Morgan fingerprint density at radius 3 is 2.85 bits per heavy atom. The standard InChI is InChI=1S/C14H11ClO5/c15-10-4-9-7-2-1-3-8(7)14(18)20-11(9)5-12(10)19-6-13(16)17/h4-5H,1-3,6H2,(H,16,17)/p-1. The highest BCUT2D eigenvalue weighted by Gasteiger charge is 2.20. The molecule has 1 aromatic carbocycles. The van der Waals surface area contributed by atoms with Gasteiger partial charge in [0.15, 0.2) is 0 Å². The minimum atomic E-state index is -1.35. The highest BCUT2D eigenvalue weighted by Crippen LogP contribution is 2.34. The number of ether oxygens (including phenoxy) is 1. The van der Waals surface area contributed by atoms with Gasteiger partial charge in [-0.2, -0.15) is 0 Å². The first-order valence-corrected chi connectivity index (χ1v) is 6.55. The monoisotopic (exact) mass is 293 g/mol. The van der Waals surface area contributed by atoms with Crippen LogP contribution in [0.5, 0.6) is 5.75 Å². The molecule has 0 unspecified atom stereocenters. The van der Waals surface area contributed by atoms with E-state index in [-0.39, 0.29) is 16.4 Å². The van der Waals surface area contributed by atoms with Crippen LogP contribution in [0.3, 0.4) is 0 Å². The van der Waals surface area contributed by atoms with Gasteiger partial charge in [0, 0.05) is 17.0 Å². The van der Waals surface area contributed by atoms with Gasteiger partial charge in [-0.3, -0.25) is 0 Å². The van der Waals surface area contributed by atoms with E-state index in [4.69, 9.17) is 20.8 Å². The summed E-state index contributed by atoms with van der Waals surface area (Å²) in [5.41, 5.74) is 1.67. The molecule has 6 heteroatoms. The molecule has 0 amide bonds. The van der Waals surface area contributed by atoms with Crippen LogP contribution < -0.4 is 15.5 Å². The molecule has 0 fully saturated rings. The zero-order valence-electron chi connectivity index (χ0n) is 10.4. The zero-order chi connectivity index (χ0) is 14.3. The van der Waals surface area contributed by atoms with Gasteiger partial charge in [0.25, 0.3) is 0 Å². The summed E-state index contributed by atoms with van der Waals surface area (Å²) >= 11 is 6.07. The summed E-state index contributed by atoms with van der Waals surface area (Å²) in [6, 6.07) is 3.09. The van der Waals surface area contributed by atoms with Crippen LogP contribution >= 0.6 is 11.6 Å². The Morgan fingerprint density at radius 2 is 2.10 bits per heavy atom. The molecule has 2 aromatic rings. The van der Waals surface area contributed by atoms with Gasteiger partial charge in [0.2, 0.25) is 0 Å². The van der Waals surface area contributed by atoms with Crippen LogP contribution in [-0.2, 0) is 17.6 Å². The quantitative estimate of drug-likeness (QED) is 0.791. The second-order valence-corrected chi connectivity index (χ2v) is 5.05. The Morgan fingerprint density at radius 1 is 1.35 bits per heavy atom. The van der Waals surface area contributed by atoms with Crippen molar-refractivity contribution < 1.29 is 19.1 Å². The molecule has 0 N–H and O–H groups in total. The first-order chi connectivity index (χ1) is 9.56. The van der Waals surface area contributed by atoms with Gasteiger partial charge in [0.1, 0.15) is 17.9 Å². The Hall–Kier alpha value is -2.01. The Bertz CT molecular complexity index is 762. The van der Waals surface area contributed by atoms with Gasteiger partial charge < -0.3 is 19.1 Å². The summed E-state index contributed by atoms with van der Waals surface area (Å²) in [7, 11) is 0. The average Bonchev–Trinajstić information content (AvgIpc) is 2.87. The van der Waals surface area contributed by atoms with E-state index in [2.05, 4.69) is 0 Å². The van der Waals surface area contributed by atoms with Crippen LogP contribution in [0.1, 0.15) is 17.5 Å². The van der Waals surface area contributed by atoms with Crippen LogP contribution in [0.2, 0.25) is 5.02 Å². The van der Waals surface area contributed by atoms with Crippen molar-refractivity contribution in [2.45, 2.75) is 19.3 Å². The lowest BCUT2D eigenvalue weighted by atomic mass is 10.1. The number of carboxylic acids is 1. The molecule has 0 saturated carbocycles. The molecule has 1 heterocycles. The van der Waals surface area contributed by atoms with Crippen LogP contribution in [0.25, 0.3) is 11.0 Å². The number of fused-ring (bicyclic) bond motifs is 3. The lowest BCUT2D eigenvalue weighted by Gasteiger charge is -2.10. The average molecular weight is 294 g/mol. The fraction of sp³-hybridized carbons (Fsp3) is 0.286. The minimum Gasteiger partial charge on any atom is -0.546 e. The SMILES string of the molecule is O=C([O-])COc1cc2oc(=O)c3c(c2cc1Cl)CCC3. The van der Waals surface area contributed by atoms with Gasteiger partial charge in [-0.15, -0.1) is 0 Å². The van der Waals surface area contributed by atoms with Gasteiger partial charge in [0.05, 0.1) is 11.0 Å². The predicted molar refractivity (Wildman–Crippen MR) is 70.0 cm³/mol. The van der Waals surface area contributed by atoms with Crippen molar-refractivity contribution >= 4 is 28.5 Å². The van der Waals surface area contributed by atoms with Crippen molar-refractivity contribution in [3.05, 3.63) is 38.7 Å². The zero-order valence-corrected chi connectivity index (χ0v) is 11.2. The lowest BCUT2D eigenvalue weighted by Crippen LogP contribution is -2.29. The summed E-state index contributed by atoms with van der Waals surface area (Å²) < 4.78 is 10.3. The number of hydrogen-bond donors (Lipinski definition) is 0. The minimum absolute atomic E-state index is 0.157. The third-order valence-corrected chi connectivity index (χ3v) is 3.67. The number of benzene rings is 1. The number of hydrogen-bond acceptors (Lipinski definition) is 5. The van der Waals surface area contributed by atoms with E-state index >= 15 is 0 Å². The number of rotatable bonds is 3. The van der Waals surface area contributed by atoms with Crippen LogP contribution in [0.4, 0.5) is 0 Å². The lowest BCUT2D eigenvalue weighted by molar-refractivity contribution is -0.307. The first-order valence-electron chi connectivity index (χ1n) is 6.17. The van der Waals surface area contributed by atoms with Crippen molar-refractivity contribution in [3.8, 4) is 5.75 Å². The summed E-state index contributed by atoms with van der Waals surface area (Å²) in [6.07, 6.45) is 2.45. The van der Waals surface area contributed by atoms with Crippen molar-refractivity contribution in [1.29, 1.82) is 0 Å². The van der Waals surface area contributed by atoms with Gasteiger partial charge in [-0.1, -0.05) is 11.6 Å². The molecule has 0 aliphatic heterocycles. The molecule has 3 rings (SSSR count). The second-order valence-electron chi connectivity index (χ2n) is 4.64. The number of halogens is 1.